The highest BCUT2D eigenvalue weighted by Crippen LogP contribution is 2.33. The van der Waals surface area contributed by atoms with E-state index in [1.807, 2.05) is 38.1 Å². The molecule has 0 atom stereocenters. The van der Waals surface area contributed by atoms with Crippen LogP contribution in [0.3, 0.4) is 0 Å². The van der Waals surface area contributed by atoms with E-state index < -0.39 is 10.0 Å². The van der Waals surface area contributed by atoms with Crippen molar-refractivity contribution in [3.8, 4) is 5.75 Å². The Hall–Kier alpha value is -2.31. The molecule has 0 bridgehead atoms. The van der Waals surface area contributed by atoms with Gasteiger partial charge in [0.1, 0.15) is 5.75 Å². The van der Waals surface area contributed by atoms with Crippen LogP contribution in [0.4, 0.5) is 0 Å². The van der Waals surface area contributed by atoms with Gasteiger partial charge in [0, 0.05) is 29.4 Å². The summed E-state index contributed by atoms with van der Waals surface area (Å²) in [6.07, 6.45) is 3.11. The quantitative estimate of drug-likeness (QED) is 0.639. The van der Waals surface area contributed by atoms with Gasteiger partial charge >= 0.3 is 0 Å². The number of nitrogens with zero attached hydrogens (tertiary/aromatic N) is 1. The monoisotopic (exact) mass is 359 g/mol. The van der Waals surface area contributed by atoms with Crippen LogP contribution in [0, 0.1) is 0 Å². The van der Waals surface area contributed by atoms with Crippen LogP contribution < -0.4 is 4.74 Å². The minimum absolute atomic E-state index is 0.275. The molecule has 0 fully saturated rings. The number of hydrogen-bond donors (Lipinski definition) is 0. The standard InChI is InChI=1S/C19H21NO4S/c1-3-20(13-15-11-12-23-14-15)25(21,22)19-10-9-18(24-4-2)16-7-5-6-8-17(16)19/h5-12,14H,3-4,13H2,1-2H3. The number of sulfonamides is 1. The largest absolute Gasteiger partial charge is 0.493 e. The van der Waals surface area contributed by atoms with Crippen LogP contribution in [0.1, 0.15) is 19.4 Å². The van der Waals surface area contributed by atoms with Gasteiger partial charge in [0.05, 0.1) is 24.0 Å². The van der Waals surface area contributed by atoms with Gasteiger partial charge < -0.3 is 9.15 Å². The minimum Gasteiger partial charge on any atom is -0.493 e. The molecule has 5 nitrogen and oxygen atoms in total. The summed E-state index contributed by atoms with van der Waals surface area (Å²) in [5, 5.41) is 1.46. The van der Waals surface area contributed by atoms with Gasteiger partial charge in [-0.1, -0.05) is 31.2 Å². The van der Waals surface area contributed by atoms with Crippen LogP contribution in [-0.4, -0.2) is 25.9 Å². The summed E-state index contributed by atoms with van der Waals surface area (Å²) in [5.74, 6) is 0.690. The number of furan rings is 1. The highest BCUT2D eigenvalue weighted by atomic mass is 32.2. The number of rotatable bonds is 7. The van der Waals surface area contributed by atoms with Gasteiger partial charge in [0.15, 0.2) is 0 Å². The zero-order chi connectivity index (χ0) is 17.9. The van der Waals surface area contributed by atoms with Crippen molar-refractivity contribution in [1.29, 1.82) is 0 Å². The van der Waals surface area contributed by atoms with Crippen molar-refractivity contribution in [2.24, 2.45) is 0 Å². The molecule has 1 heterocycles. The molecule has 6 heteroatoms. The normalized spacial score (nSPS) is 12.0. The van der Waals surface area contributed by atoms with E-state index >= 15 is 0 Å². The lowest BCUT2D eigenvalue weighted by molar-refractivity contribution is 0.344. The lowest BCUT2D eigenvalue weighted by atomic mass is 10.1. The predicted molar refractivity (Wildman–Crippen MR) is 97.1 cm³/mol. The molecule has 0 radical (unpaired) electrons. The first-order valence-electron chi connectivity index (χ1n) is 8.23. The van der Waals surface area contributed by atoms with Gasteiger partial charge in [-0.15, -0.1) is 0 Å². The molecular formula is C19H21NO4S. The lowest BCUT2D eigenvalue weighted by Crippen LogP contribution is -2.30. The molecule has 0 saturated heterocycles. The van der Waals surface area contributed by atoms with Gasteiger partial charge in [-0.2, -0.15) is 4.31 Å². The summed E-state index contributed by atoms with van der Waals surface area (Å²) in [4.78, 5) is 0.289. The number of hydrogen-bond acceptors (Lipinski definition) is 4. The molecule has 0 unspecified atom stereocenters. The first-order chi connectivity index (χ1) is 12.1. The van der Waals surface area contributed by atoms with Crippen molar-refractivity contribution in [3.63, 3.8) is 0 Å². The summed E-state index contributed by atoms with van der Waals surface area (Å²) < 4.78 is 38.6. The smallest absolute Gasteiger partial charge is 0.243 e. The molecule has 0 saturated carbocycles. The van der Waals surface area contributed by atoms with Crippen molar-refractivity contribution in [2.75, 3.05) is 13.2 Å². The summed E-state index contributed by atoms with van der Waals surface area (Å²) in [6, 6.07) is 12.5. The Balaban J connectivity index is 2.09. The van der Waals surface area contributed by atoms with E-state index in [1.54, 1.807) is 30.7 Å². The van der Waals surface area contributed by atoms with Crippen molar-refractivity contribution in [3.05, 3.63) is 60.6 Å². The van der Waals surface area contributed by atoms with Crippen molar-refractivity contribution >= 4 is 20.8 Å². The van der Waals surface area contributed by atoms with E-state index in [0.29, 0.717) is 24.3 Å². The third-order valence-corrected chi connectivity index (χ3v) is 6.03. The molecule has 3 aromatic rings. The Morgan fingerprint density at radius 2 is 1.80 bits per heavy atom. The van der Waals surface area contributed by atoms with E-state index in [4.69, 9.17) is 9.15 Å². The van der Waals surface area contributed by atoms with Crippen LogP contribution in [-0.2, 0) is 16.6 Å². The maximum atomic E-state index is 13.2. The van der Waals surface area contributed by atoms with Gasteiger partial charge in [0.2, 0.25) is 10.0 Å². The molecule has 0 aliphatic carbocycles. The van der Waals surface area contributed by atoms with Gasteiger partial charge in [0.25, 0.3) is 0 Å². The second kappa shape index (κ2) is 7.29. The van der Waals surface area contributed by atoms with Crippen LogP contribution >= 0.6 is 0 Å². The fraction of sp³-hybridized carbons (Fsp3) is 0.263. The Morgan fingerprint density at radius 1 is 1.04 bits per heavy atom. The average molecular weight is 359 g/mol. The fourth-order valence-corrected chi connectivity index (χ4v) is 4.48. The Kier molecular flexibility index (Phi) is 5.11. The van der Waals surface area contributed by atoms with E-state index in [-0.39, 0.29) is 11.4 Å². The van der Waals surface area contributed by atoms with Crippen LogP contribution in [0.5, 0.6) is 5.75 Å². The van der Waals surface area contributed by atoms with Crippen LogP contribution in [0.2, 0.25) is 0 Å². The number of fused-ring (bicyclic) bond motifs is 1. The van der Waals surface area contributed by atoms with Crippen LogP contribution in [0.15, 0.2) is 64.3 Å². The van der Waals surface area contributed by atoms with Gasteiger partial charge in [-0.3, -0.25) is 0 Å². The third kappa shape index (κ3) is 3.41. The Labute approximate surface area is 147 Å². The molecule has 132 valence electrons. The SMILES string of the molecule is CCOc1ccc(S(=O)(=O)N(CC)Cc2ccoc2)c2ccccc12. The molecule has 0 aliphatic heterocycles. The van der Waals surface area contributed by atoms with Crippen molar-refractivity contribution in [1.82, 2.24) is 4.31 Å². The lowest BCUT2D eigenvalue weighted by Gasteiger charge is -2.21. The topological polar surface area (TPSA) is 59.8 Å². The molecule has 0 amide bonds. The zero-order valence-corrected chi connectivity index (χ0v) is 15.1. The molecule has 0 aliphatic rings. The zero-order valence-electron chi connectivity index (χ0n) is 14.3. The van der Waals surface area contributed by atoms with E-state index in [1.165, 1.54) is 4.31 Å². The molecular weight excluding hydrogens is 338 g/mol. The maximum absolute atomic E-state index is 13.2. The minimum atomic E-state index is -3.65. The Morgan fingerprint density at radius 3 is 2.44 bits per heavy atom. The van der Waals surface area contributed by atoms with Crippen LogP contribution in [0.25, 0.3) is 10.8 Å². The number of benzene rings is 2. The van der Waals surface area contributed by atoms with Crippen molar-refractivity contribution < 1.29 is 17.6 Å². The second-order valence-corrected chi connectivity index (χ2v) is 7.51. The molecule has 1 aromatic heterocycles. The summed E-state index contributed by atoms with van der Waals surface area (Å²) in [5.41, 5.74) is 0.820. The Bertz CT molecular complexity index is 949. The van der Waals surface area contributed by atoms with E-state index in [0.717, 1.165) is 10.9 Å². The summed E-state index contributed by atoms with van der Waals surface area (Å²) in [6.45, 7) is 4.90. The van der Waals surface area contributed by atoms with Gasteiger partial charge in [-0.05, 0) is 25.1 Å². The van der Waals surface area contributed by atoms with Gasteiger partial charge in [-0.25, -0.2) is 8.42 Å². The first kappa shape index (κ1) is 17.5. The second-order valence-electron chi connectivity index (χ2n) is 5.60. The molecule has 2 aromatic carbocycles. The maximum Gasteiger partial charge on any atom is 0.243 e. The number of ether oxygens (including phenoxy) is 1. The third-order valence-electron chi connectivity index (χ3n) is 4.05. The molecule has 0 spiro atoms. The summed E-state index contributed by atoms with van der Waals surface area (Å²) >= 11 is 0. The first-order valence-corrected chi connectivity index (χ1v) is 9.67. The highest BCUT2D eigenvalue weighted by Gasteiger charge is 2.26. The average Bonchev–Trinajstić information content (AvgIpc) is 3.13. The van der Waals surface area contributed by atoms with Crippen molar-refractivity contribution in [2.45, 2.75) is 25.3 Å². The fourth-order valence-electron chi connectivity index (χ4n) is 2.84. The predicted octanol–water partition coefficient (Wildman–Crippen LogP) is 4.04. The van der Waals surface area contributed by atoms with E-state index in [9.17, 15) is 8.42 Å². The molecule has 0 N–H and O–H groups in total. The van der Waals surface area contributed by atoms with E-state index in [2.05, 4.69) is 0 Å². The molecule has 25 heavy (non-hydrogen) atoms. The highest BCUT2D eigenvalue weighted by molar-refractivity contribution is 7.89. The molecule has 3 rings (SSSR count). The summed E-state index contributed by atoms with van der Waals surface area (Å²) in [7, 11) is -3.65.